The number of methoxy groups -OCH3 is 4. The lowest BCUT2D eigenvalue weighted by Crippen LogP contribution is -2.42. The molecular formula is C76H106BBrCl2F4N4O16Si2. The third-order valence-electron chi connectivity index (χ3n) is 19.5. The Morgan fingerprint density at radius 1 is 0.557 bits per heavy atom. The third kappa shape index (κ3) is 21.3. The number of anilines is 2. The Bertz CT molecular complexity index is 4360. The molecule has 6 aromatic rings. The molecular weight excluding hydrogens is 1520 g/mol. The van der Waals surface area contributed by atoms with Crippen LogP contribution in [0.3, 0.4) is 0 Å². The van der Waals surface area contributed by atoms with Crippen LogP contribution in [0.15, 0.2) is 58.4 Å². The average molecular weight is 1630 g/mol. The smallest absolute Gasteiger partial charge is 0.497 e. The first-order valence-electron chi connectivity index (χ1n) is 34.7. The van der Waals surface area contributed by atoms with Gasteiger partial charge in [-0.15, -0.1) is 0 Å². The minimum atomic E-state index is -2.18. The molecule has 0 bridgehead atoms. The second-order valence-electron chi connectivity index (χ2n) is 32.8. The summed E-state index contributed by atoms with van der Waals surface area (Å²) >= 11 is 14.6. The molecule has 0 saturated carbocycles. The molecule has 2 N–H and O–H groups in total. The van der Waals surface area contributed by atoms with Crippen molar-refractivity contribution in [2.24, 2.45) is 11.8 Å². The number of aromatic nitrogens is 2. The highest BCUT2D eigenvalue weighted by Crippen LogP contribution is 2.43. The first-order valence-corrected chi connectivity index (χ1v) is 42.4. The molecule has 30 heteroatoms. The van der Waals surface area contributed by atoms with Crippen molar-refractivity contribution in [1.82, 2.24) is 9.13 Å². The predicted octanol–water partition coefficient (Wildman–Crippen LogP) is 19.1. The van der Waals surface area contributed by atoms with Gasteiger partial charge in [0.1, 0.15) is 55.5 Å². The van der Waals surface area contributed by atoms with Crippen molar-refractivity contribution in [2.45, 2.75) is 221 Å². The second kappa shape index (κ2) is 34.6. The molecule has 2 amide bonds. The minimum Gasteiger partial charge on any atom is -0.497 e. The van der Waals surface area contributed by atoms with Crippen molar-refractivity contribution < 1.29 is 83.3 Å². The van der Waals surface area contributed by atoms with Crippen LogP contribution in [0.5, 0.6) is 11.5 Å². The Hall–Kier alpha value is -6.50. The van der Waals surface area contributed by atoms with Gasteiger partial charge in [0.2, 0.25) is 10.9 Å². The summed E-state index contributed by atoms with van der Waals surface area (Å²) in [4.78, 5) is 77.0. The summed E-state index contributed by atoms with van der Waals surface area (Å²) < 4.78 is 119. The lowest BCUT2D eigenvalue weighted by atomic mass is 9.77. The van der Waals surface area contributed by atoms with Gasteiger partial charge in [-0.1, -0.05) is 108 Å². The molecule has 2 atom stereocenters. The Kier molecular flexibility index (Phi) is 29.4. The summed E-state index contributed by atoms with van der Waals surface area (Å²) in [5.74, 6) is -4.60. The van der Waals surface area contributed by atoms with E-state index in [1.807, 2.05) is 56.7 Å². The quantitative estimate of drug-likeness (QED) is 0.0181. The molecule has 1 fully saturated rings. The van der Waals surface area contributed by atoms with Gasteiger partial charge in [0.25, 0.3) is 0 Å². The van der Waals surface area contributed by atoms with Gasteiger partial charge >= 0.3 is 31.2 Å². The van der Waals surface area contributed by atoms with Crippen LogP contribution in [0.4, 0.5) is 38.5 Å². The van der Waals surface area contributed by atoms with Crippen molar-refractivity contribution in [3.63, 3.8) is 0 Å². The maximum absolute atomic E-state index is 15.4. The number of carbonyl (C=O) groups excluding carboxylic acids is 4. The van der Waals surface area contributed by atoms with Crippen LogP contribution in [0, 0.1) is 35.1 Å². The molecule has 1 aliphatic heterocycles. The Labute approximate surface area is 641 Å². The summed E-state index contributed by atoms with van der Waals surface area (Å²) in [5, 5.41) is 3.66. The van der Waals surface area contributed by atoms with Crippen molar-refractivity contribution in [3.8, 4) is 11.5 Å². The molecule has 0 aliphatic carbocycles. The van der Waals surface area contributed by atoms with Gasteiger partial charge in [-0.2, -0.15) is 0 Å². The lowest BCUT2D eigenvalue weighted by Gasteiger charge is -2.38. The fraction of sp³-hybridized carbons (Fsp3) is 0.553. The van der Waals surface area contributed by atoms with E-state index in [-0.39, 0.29) is 84.8 Å². The van der Waals surface area contributed by atoms with Crippen LogP contribution in [0.1, 0.15) is 188 Å². The van der Waals surface area contributed by atoms with E-state index in [0.717, 1.165) is 12.1 Å². The summed E-state index contributed by atoms with van der Waals surface area (Å²) in [5.41, 5.74) is -2.47. The van der Waals surface area contributed by atoms with E-state index in [1.54, 1.807) is 67.0 Å². The maximum atomic E-state index is 15.4. The largest absolute Gasteiger partial charge is 0.498 e. The topological polar surface area (TPSA) is 229 Å². The fourth-order valence-electron chi connectivity index (χ4n) is 10.5. The molecule has 0 spiro atoms. The van der Waals surface area contributed by atoms with Gasteiger partial charge in [0, 0.05) is 58.1 Å². The zero-order valence-electron chi connectivity index (χ0n) is 66.4. The molecule has 1 saturated heterocycles. The van der Waals surface area contributed by atoms with Crippen LogP contribution < -0.4 is 36.4 Å². The highest BCUT2D eigenvalue weighted by atomic mass is 79.9. The number of carbonyl (C=O) groups is 4. The van der Waals surface area contributed by atoms with Gasteiger partial charge in [-0.3, -0.25) is 20.2 Å². The zero-order chi connectivity index (χ0) is 81.0. The van der Waals surface area contributed by atoms with Crippen molar-refractivity contribution >= 4 is 126 Å². The Morgan fingerprint density at radius 2 is 0.915 bits per heavy atom. The second-order valence-corrected chi connectivity index (χ2v) is 43.7. The molecule has 106 heavy (non-hydrogen) atoms. The van der Waals surface area contributed by atoms with E-state index < -0.39 is 114 Å². The minimum absolute atomic E-state index is 0.0167. The maximum Gasteiger partial charge on any atom is 0.498 e. The number of halogens is 7. The summed E-state index contributed by atoms with van der Waals surface area (Å²) in [6, 6.07) is 8.55. The normalized spacial score (nSPS) is 14.6. The first-order chi connectivity index (χ1) is 48.4. The number of nitrogens with one attached hydrogen (secondary N) is 2. The highest BCUT2D eigenvalue weighted by Gasteiger charge is 2.53. The van der Waals surface area contributed by atoms with Gasteiger partial charge in [-0.25, -0.2) is 36.7 Å². The van der Waals surface area contributed by atoms with Gasteiger partial charge < -0.3 is 55.7 Å². The summed E-state index contributed by atoms with van der Waals surface area (Å²) in [6.45, 7) is 48.6. The van der Waals surface area contributed by atoms with Gasteiger partial charge in [-0.05, 0) is 153 Å². The molecule has 0 unspecified atom stereocenters. The summed E-state index contributed by atoms with van der Waals surface area (Å²) in [7, 11) is 0.504. The van der Waals surface area contributed by atoms with Crippen LogP contribution in [0.2, 0.25) is 46.3 Å². The van der Waals surface area contributed by atoms with Gasteiger partial charge in [0.05, 0.1) is 87.3 Å². The monoisotopic (exact) mass is 1620 g/mol. The van der Waals surface area contributed by atoms with E-state index >= 15 is 4.39 Å². The molecule has 3 heterocycles. The molecule has 1 aliphatic rings. The van der Waals surface area contributed by atoms with E-state index in [2.05, 4.69) is 108 Å². The van der Waals surface area contributed by atoms with Gasteiger partial charge in [0.15, 0.2) is 28.3 Å². The molecule has 4 aromatic carbocycles. The number of alkyl halides is 1. The third-order valence-corrected chi connectivity index (χ3v) is 29.7. The van der Waals surface area contributed by atoms with E-state index in [0.29, 0.717) is 52.2 Å². The number of nitrogens with zero attached hydrogens (tertiary/aromatic N) is 2. The number of ether oxygens (including phenoxy) is 6. The molecule has 0 radical (unpaired) electrons. The molecule has 2 aromatic heterocycles. The fourth-order valence-corrected chi connectivity index (χ4v) is 13.4. The Balaban J connectivity index is 0.000000310. The molecule has 20 nitrogen and oxygen atoms in total. The van der Waals surface area contributed by atoms with Crippen molar-refractivity contribution in [1.29, 1.82) is 0 Å². The number of hydrogen-bond donors (Lipinski definition) is 2. The summed E-state index contributed by atoms with van der Waals surface area (Å²) in [6.07, 6.45) is 1.09. The van der Waals surface area contributed by atoms with E-state index in [1.165, 1.54) is 33.6 Å². The number of benzene rings is 4. The number of esters is 2. The van der Waals surface area contributed by atoms with Crippen LogP contribution in [-0.2, 0) is 48.9 Å². The predicted molar refractivity (Wildman–Crippen MR) is 420 cm³/mol. The van der Waals surface area contributed by atoms with Crippen LogP contribution >= 0.6 is 39.1 Å². The SMILES string of the molecule is CC(C)(C)OC(=O)Nc1cc(CBr)c(F)c(Cl)c1F.COC(=O)c1cn([C@H](CO[Si](C)(C)C(C)(C)C)C(C)C)c2cc(OC)c(B3OC(C)(C)C(C)(C)O3)cc2c1=O.COC(=O)c1cn([C@H](CO[Si](C)(C)C(C)(C)C)C(C)C)c2cc(OC)c(Cc3cc(NC(=O)OC(C)(C)C)c(F)c(Cl)c3F)cc2c1=O. The molecule has 7 rings (SSSR count). The molecule has 586 valence electrons. The first kappa shape index (κ1) is 90.1. The van der Waals surface area contributed by atoms with E-state index in [4.69, 9.17) is 69.8 Å². The van der Waals surface area contributed by atoms with E-state index in [9.17, 15) is 41.9 Å². The average Bonchev–Trinajstić information content (AvgIpc) is 1.71. The Morgan fingerprint density at radius 3 is 1.25 bits per heavy atom. The number of amides is 2. The zero-order valence-corrected chi connectivity index (χ0v) is 71.5. The van der Waals surface area contributed by atoms with Crippen LogP contribution in [0.25, 0.3) is 21.8 Å². The van der Waals surface area contributed by atoms with Crippen molar-refractivity contribution in [2.75, 3.05) is 52.3 Å². The number of hydrogen-bond acceptors (Lipinski definition) is 16. The number of rotatable bonds is 20. The highest BCUT2D eigenvalue weighted by molar-refractivity contribution is 9.08. The lowest BCUT2D eigenvalue weighted by molar-refractivity contribution is 0.00578. The van der Waals surface area contributed by atoms with Crippen LogP contribution in [-0.4, -0.2) is 121 Å². The number of fused-ring (bicyclic) bond motifs is 2. The van der Waals surface area contributed by atoms with Crippen molar-refractivity contribution in [3.05, 3.63) is 130 Å². The number of pyridine rings is 2. The standard InChI is InChI=1S/C35H47ClF2N2O7Si.C29H46BNO7Si.C12H13BrClF2NO2/c1-19(2)26(18-46-48(11,12)35(6,7)8)40-17-23(32(42)45-10)31(41)22-14-20(27(44-9)16-25(22)40)13-21-15-24(30(38)28(36)29(21)37)39-33(43)47-34(3,4)5;1-18(2)23(17-36-39(12,13)27(3,4)5)31-16-20(26(33)35-11)25(32)19-14-21(24(34-10)15-22(19)31)30-37-28(6,7)29(8,9)38-30;1-12(2,3)19-11(18)17-7-4-6(5-13)9(15)8(14)10(7)16/h14-17,19,26H,13,18H2,1-12H3,(H,39,43);14-16,18,23H,17H2,1-13H3;4H,5H2,1-3H3,(H,17,18)/t26-;23-;/m11./s1.